The number of rotatable bonds is 8. The van der Waals surface area contributed by atoms with Crippen molar-refractivity contribution in [2.75, 3.05) is 5.75 Å². The van der Waals surface area contributed by atoms with Crippen molar-refractivity contribution in [3.8, 4) is 5.69 Å². The van der Waals surface area contributed by atoms with E-state index in [9.17, 15) is 9.18 Å². The zero-order valence-corrected chi connectivity index (χ0v) is 19.3. The van der Waals surface area contributed by atoms with Gasteiger partial charge in [-0.05, 0) is 53.8 Å². The van der Waals surface area contributed by atoms with E-state index in [1.807, 2.05) is 28.8 Å². The summed E-state index contributed by atoms with van der Waals surface area (Å²) >= 11 is 1.61. The smallest absolute Gasteiger partial charge is 0.251 e. The molecule has 2 aromatic carbocycles. The largest absolute Gasteiger partial charge is 0.345 e. The summed E-state index contributed by atoms with van der Waals surface area (Å²) in [5, 5.41) is 12.3. The van der Waals surface area contributed by atoms with E-state index in [1.165, 1.54) is 17.7 Å². The number of hydrogen-bond acceptors (Lipinski definition) is 4. The number of thioether (sulfide) groups is 1. The standard InChI is InChI=1S/C24H29FN4OS/c1-5-6-15-31-23-28-27-21(29(23)20-13-11-19(25)12-14-20)16-26-22(30)17-7-9-18(10-8-17)24(2,3)4/h7-14H,5-6,15-16H2,1-4H3,(H,26,30). The highest BCUT2D eigenvalue weighted by Crippen LogP contribution is 2.24. The van der Waals surface area contributed by atoms with E-state index in [4.69, 9.17) is 0 Å². The lowest BCUT2D eigenvalue weighted by molar-refractivity contribution is 0.0949. The first-order chi connectivity index (χ1) is 14.8. The normalized spacial score (nSPS) is 11.5. The first-order valence-corrected chi connectivity index (χ1v) is 11.5. The Morgan fingerprint density at radius 1 is 1.06 bits per heavy atom. The molecule has 1 N–H and O–H groups in total. The fraction of sp³-hybridized carbons (Fsp3) is 0.375. The van der Waals surface area contributed by atoms with Gasteiger partial charge in [0.25, 0.3) is 5.91 Å². The average molecular weight is 441 g/mol. The molecule has 7 heteroatoms. The molecule has 0 radical (unpaired) electrons. The van der Waals surface area contributed by atoms with Crippen LogP contribution < -0.4 is 5.32 Å². The molecule has 3 rings (SSSR count). The summed E-state index contributed by atoms with van der Waals surface area (Å²) in [6.45, 7) is 8.78. The highest BCUT2D eigenvalue weighted by Gasteiger charge is 2.17. The average Bonchev–Trinajstić information content (AvgIpc) is 3.15. The molecule has 0 saturated carbocycles. The maximum Gasteiger partial charge on any atom is 0.251 e. The first kappa shape index (κ1) is 23.0. The summed E-state index contributed by atoms with van der Waals surface area (Å²) in [7, 11) is 0. The van der Waals surface area contributed by atoms with Gasteiger partial charge in [-0.15, -0.1) is 10.2 Å². The third-order valence-electron chi connectivity index (χ3n) is 4.93. The van der Waals surface area contributed by atoms with Gasteiger partial charge in [-0.2, -0.15) is 0 Å². The van der Waals surface area contributed by atoms with Crippen LogP contribution in [0, 0.1) is 5.82 Å². The molecule has 0 saturated heterocycles. The van der Waals surface area contributed by atoms with E-state index in [-0.39, 0.29) is 23.7 Å². The van der Waals surface area contributed by atoms with E-state index >= 15 is 0 Å². The Labute approximate surface area is 187 Å². The van der Waals surface area contributed by atoms with Crippen LogP contribution in [0.5, 0.6) is 0 Å². The molecule has 0 bridgehead atoms. The van der Waals surface area contributed by atoms with Crippen molar-refractivity contribution in [3.05, 3.63) is 71.3 Å². The van der Waals surface area contributed by atoms with Crippen molar-refractivity contribution in [2.45, 2.75) is 57.7 Å². The number of unbranched alkanes of at least 4 members (excludes halogenated alkanes) is 1. The molecule has 0 atom stereocenters. The zero-order chi connectivity index (χ0) is 22.4. The van der Waals surface area contributed by atoms with Crippen molar-refractivity contribution < 1.29 is 9.18 Å². The van der Waals surface area contributed by atoms with Crippen molar-refractivity contribution >= 4 is 17.7 Å². The van der Waals surface area contributed by atoms with Crippen LogP contribution >= 0.6 is 11.8 Å². The first-order valence-electron chi connectivity index (χ1n) is 10.5. The van der Waals surface area contributed by atoms with Gasteiger partial charge in [0, 0.05) is 17.0 Å². The number of hydrogen-bond donors (Lipinski definition) is 1. The number of benzene rings is 2. The molecule has 0 unspecified atom stereocenters. The summed E-state index contributed by atoms with van der Waals surface area (Å²) in [6, 6.07) is 13.9. The van der Waals surface area contributed by atoms with Crippen molar-refractivity contribution in [3.63, 3.8) is 0 Å². The van der Waals surface area contributed by atoms with Crippen LogP contribution in [0.25, 0.3) is 5.69 Å². The molecular formula is C24H29FN4OS. The Morgan fingerprint density at radius 3 is 2.35 bits per heavy atom. The van der Waals surface area contributed by atoms with Gasteiger partial charge in [0.2, 0.25) is 0 Å². The SMILES string of the molecule is CCCCSc1nnc(CNC(=O)c2ccc(C(C)(C)C)cc2)n1-c1ccc(F)cc1. The highest BCUT2D eigenvalue weighted by atomic mass is 32.2. The summed E-state index contributed by atoms with van der Waals surface area (Å²) in [5.74, 6) is 1.05. The number of carbonyl (C=O) groups is 1. The molecule has 0 aliphatic heterocycles. The number of halogens is 1. The minimum Gasteiger partial charge on any atom is -0.345 e. The van der Waals surface area contributed by atoms with E-state index in [0.29, 0.717) is 11.4 Å². The predicted molar refractivity (Wildman–Crippen MR) is 123 cm³/mol. The third-order valence-corrected chi connectivity index (χ3v) is 5.95. The van der Waals surface area contributed by atoms with Gasteiger partial charge in [-0.25, -0.2) is 4.39 Å². The molecule has 5 nitrogen and oxygen atoms in total. The molecular weight excluding hydrogens is 411 g/mol. The number of amides is 1. The van der Waals surface area contributed by atoms with Crippen LogP contribution in [0.15, 0.2) is 53.7 Å². The topological polar surface area (TPSA) is 59.8 Å². The van der Waals surface area contributed by atoms with Crippen molar-refractivity contribution in [1.82, 2.24) is 20.1 Å². The van der Waals surface area contributed by atoms with Gasteiger partial charge in [0.1, 0.15) is 5.82 Å². The van der Waals surface area contributed by atoms with Crippen LogP contribution in [-0.2, 0) is 12.0 Å². The summed E-state index contributed by atoms with van der Waals surface area (Å²) in [4.78, 5) is 12.7. The highest BCUT2D eigenvalue weighted by molar-refractivity contribution is 7.99. The minimum absolute atomic E-state index is 0.0342. The van der Waals surface area contributed by atoms with Crippen molar-refractivity contribution in [2.24, 2.45) is 0 Å². The van der Waals surface area contributed by atoms with E-state index in [0.717, 1.165) is 29.4 Å². The van der Waals surface area contributed by atoms with Crippen LogP contribution in [-0.4, -0.2) is 26.4 Å². The van der Waals surface area contributed by atoms with Crippen LogP contribution in [0.3, 0.4) is 0 Å². The molecule has 1 aromatic heterocycles. The van der Waals surface area contributed by atoms with E-state index in [2.05, 4.69) is 43.2 Å². The molecule has 1 heterocycles. The van der Waals surface area contributed by atoms with Gasteiger partial charge in [-0.1, -0.05) is 58.0 Å². The number of aromatic nitrogens is 3. The molecule has 3 aromatic rings. The lowest BCUT2D eigenvalue weighted by Gasteiger charge is -2.19. The van der Waals surface area contributed by atoms with Gasteiger partial charge in [0.05, 0.1) is 6.54 Å². The molecule has 0 spiro atoms. The molecule has 31 heavy (non-hydrogen) atoms. The maximum absolute atomic E-state index is 13.4. The van der Waals surface area contributed by atoms with Gasteiger partial charge < -0.3 is 5.32 Å². The summed E-state index contributed by atoms with van der Waals surface area (Å²) in [5.41, 5.74) is 2.57. The second-order valence-electron chi connectivity index (χ2n) is 8.42. The van der Waals surface area contributed by atoms with Gasteiger partial charge in [-0.3, -0.25) is 9.36 Å². The monoisotopic (exact) mass is 440 g/mol. The van der Waals surface area contributed by atoms with E-state index < -0.39 is 0 Å². The van der Waals surface area contributed by atoms with Gasteiger partial charge in [0.15, 0.2) is 11.0 Å². The minimum atomic E-state index is -0.300. The second kappa shape index (κ2) is 10.1. The summed E-state index contributed by atoms with van der Waals surface area (Å²) in [6.07, 6.45) is 2.16. The fourth-order valence-electron chi connectivity index (χ4n) is 3.05. The van der Waals surface area contributed by atoms with E-state index in [1.54, 1.807) is 23.9 Å². The summed E-state index contributed by atoms with van der Waals surface area (Å²) < 4.78 is 15.3. The van der Waals surface area contributed by atoms with Crippen LogP contribution in [0.4, 0.5) is 4.39 Å². The van der Waals surface area contributed by atoms with Crippen LogP contribution in [0.1, 0.15) is 62.3 Å². The number of nitrogens with zero attached hydrogens (tertiary/aromatic N) is 3. The molecule has 164 valence electrons. The lowest BCUT2D eigenvalue weighted by atomic mass is 9.87. The Kier molecular flexibility index (Phi) is 7.49. The fourth-order valence-corrected chi connectivity index (χ4v) is 4.10. The van der Waals surface area contributed by atoms with Crippen molar-refractivity contribution in [1.29, 1.82) is 0 Å². The van der Waals surface area contributed by atoms with Gasteiger partial charge >= 0.3 is 0 Å². The number of carbonyl (C=O) groups excluding carboxylic acids is 1. The second-order valence-corrected chi connectivity index (χ2v) is 9.48. The quantitative estimate of drug-likeness (QED) is 0.370. The third kappa shape index (κ3) is 5.94. The maximum atomic E-state index is 13.4. The Bertz CT molecular complexity index is 1010. The Balaban J connectivity index is 1.77. The number of nitrogens with one attached hydrogen (secondary N) is 1. The molecule has 0 aliphatic rings. The molecule has 0 fully saturated rings. The zero-order valence-electron chi connectivity index (χ0n) is 18.5. The Hall–Kier alpha value is -2.67. The Morgan fingerprint density at radius 2 is 1.74 bits per heavy atom. The lowest BCUT2D eigenvalue weighted by Crippen LogP contribution is -2.25. The predicted octanol–water partition coefficient (Wildman–Crippen LogP) is 5.53. The molecule has 1 amide bonds. The van der Waals surface area contributed by atoms with Crippen LogP contribution in [0.2, 0.25) is 0 Å². The molecule has 0 aliphatic carbocycles.